The lowest BCUT2D eigenvalue weighted by molar-refractivity contribution is -0.126. The van der Waals surface area contributed by atoms with Crippen LogP contribution < -0.4 is 5.32 Å². The lowest BCUT2D eigenvalue weighted by Crippen LogP contribution is -2.39. The zero-order valence-corrected chi connectivity index (χ0v) is 15.8. The molecule has 1 aliphatic heterocycles. The molecular weight excluding hydrogens is 370 g/mol. The maximum absolute atomic E-state index is 13.0. The molecule has 1 heterocycles. The summed E-state index contributed by atoms with van der Waals surface area (Å²) in [4.78, 5) is 50.7. The van der Waals surface area contributed by atoms with Gasteiger partial charge in [-0.25, -0.2) is 0 Å². The maximum Gasteiger partial charge on any atom is 0.231 e. The Morgan fingerprint density at radius 2 is 1.79 bits per heavy atom. The summed E-state index contributed by atoms with van der Waals surface area (Å²) in [5.41, 5.74) is 2.53. The molecule has 2 amide bonds. The molecule has 1 aromatic carbocycles. The summed E-state index contributed by atoms with van der Waals surface area (Å²) in [6, 6.07) is 6.75. The fraction of sp³-hybridized carbons (Fsp3) is 0.304. The molecule has 2 N–H and O–H groups in total. The second-order valence-electron chi connectivity index (χ2n) is 8.14. The first-order valence-electron chi connectivity index (χ1n) is 9.71. The van der Waals surface area contributed by atoms with Gasteiger partial charge in [-0.15, -0.1) is 0 Å². The lowest BCUT2D eigenvalue weighted by Gasteiger charge is -2.42. The van der Waals surface area contributed by atoms with Gasteiger partial charge in [0.2, 0.25) is 11.8 Å². The average molecular weight is 389 g/mol. The molecule has 0 spiro atoms. The SMILES string of the molecule is CC1=CC(=O)C2=C(CC3C(=CCC4C(=O)NC(=O)C43)C2c2ccccc2O)C1=O. The van der Waals surface area contributed by atoms with Crippen LogP contribution in [0.25, 0.3) is 0 Å². The first kappa shape index (κ1) is 17.8. The Balaban J connectivity index is 1.74. The molecule has 5 rings (SSSR count). The number of phenolic OH excluding ortho intramolecular Hbond substituents is 1. The van der Waals surface area contributed by atoms with E-state index in [1.54, 1.807) is 31.2 Å². The van der Waals surface area contributed by atoms with E-state index < -0.39 is 17.8 Å². The number of amides is 2. The molecule has 4 aliphatic rings. The van der Waals surface area contributed by atoms with Gasteiger partial charge in [0, 0.05) is 28.2 Å². The minimum absolute atomic E-state index is 0.0338. The Morgan fingerprint density at radius 3 is 2.55 bits per heavy atom. The fourth-order valence-corrected chi connectivity index (χ4v) is 5.38. The van der Waals surface area contributed by atoms with Gasteiger partial charge in [0.25, 0.3) is 0 Å². The molecule has 146 valence electrons. The Labute approximate surface area is 167 Å². The van der Waals surface area contributed by atoms with Crippen molar-refractivity contribution in [2.45, 2.75) is 25.7 Å². The van der Waals surface area contributed by atoms with Gasteiger partial charge < -0.3 is 5.11 Å². The zero-order valence-electron chi connectivity index (χ0n) is 15.8. The van der Waals surface area contributed by atoms with Crippen LogP contribution in [0.2, 0.25) is 0 Å². The molecule has 0 bridgehead atoms. The van der Waals surface area contributed by atoms with Gasteiger partial charge >= 0.3 is 0 Å². The van der Waals surface area contributed by atoms with Crippen LogP contribution in [0.5, 0.6) is 5.75 Å². The van der Waals surface area contributed by atoms with Crippen molar-refractivity contribution in [1.82, 2.24) is 5.32 Å². The van der Waals surface area contributed by atoms with E-state index in [9.17, 15) is 24.3 Å². The molecule has 4 atom stereocenters. The van der Waals surface area contributed by atoms with E-state index in [0.29, 0.717) is 28.7 Å². The Morgan fingerprint density at radius 1 is 1.03 bits per heavy atom. The van der Waals surface area contributed by atoms with Crippen molar-refractivity contribution in [1.29, 1.82) is 0 Å². The number of phenols is 1. The Hall–Kier alpha value is -3.28. The molecule has 3 aliphatic carbocycles. The highest BCUT2D eigenvalue weighted by Gasteiger charge is 2.53. The highest BCUT2D eigenvalue weighted by molar-refractivity contribution is 6.23. The van der Waals surface area contributed by atoms with Gasteiger partial charge in [-0.3, -0.25) is 24.5 Å². The van der Waals surface area contributed by atoms with Crippen molar-refractivity contribution in [2.75, 3.05) is 0 Å². The van der Waals surface area contributed by atoms with Crippen molar-refractivity contribution in [3.63, 3.8) is 0 Å². The zero-order chi connectivity index (χ0) is 20.4. The molecule has 4 unspecified atom stereocenters. The van der Waals surface area contributed by atoms with Gasteiger partial charge in [-0.05, 0) is 37.8 Å². The van der Waals surface area contributed by atoms with Crippen LogP contribution in [-0.2, 0) is 19.2 Å². The number of aromatic hydroxyl groups is 1. The standard InChI is InChI=1S/C23H19NO5/c1-10-8-17(26)20-15(21(10)27)9-14-11(18(20)12-4-2-3-5-16(12)25)6-7-13-19(14)23(29)24-22(13)28/h2-6,8,13-14,18-19,25H,7,9H2,1H3,(H,24,28,29). The molecule has 29 heavy (non-hydrogen) atoms. The van der Waals surface area contributed by atoms with E-state index in [4.69, 9.17) is 0 Å². The van der Waals surface area contributed by atoms with E-state index in [1.165, 1.54) is 6.08 Å². The summed E-state index contributed by atoms with van der Waals surface area (Å²) in [5.74, 6) is -2.97. The van der Waals surface area contributed by atoms with Gasteiger partial charge in [0.05, 0.1) is 11.8 Å². The van der Waals surface area contributed by atoms with E-state index in [1.807, 2.05) is 6.08 Å². The Bertz CT molecular complexity index is 1110. The molecule has 0 aromatic heterocycles. The number of hydrogen-bond acceptors (Lipinski definition) is 5. The molecule has 1 saturated heterocycles. The van der Waals surface area contributed by atoms with Crippen LogP contribution >= 0.6 is 0 Å². The third-order valence-corrected chi connectivity index (χ3v) is 6.65. The van der Waals surface area contributed by atoms with Crippen molar-refractivity contribution in [2.24, 2.45) is 17.8 Å². The first-order chi connectivity index (χ1) is 13.9. The summed E-state index contributed by atoms with van der Waals surface area (Å²) in [6.07, 6.45) is 3.93. The fourth-order valence-electron chi connectivity index (χ4n) is 5.38. The number of nitrogens with one attached hydrogen (secondary N) is 1. The smallest absolute Gasteiger partial charge is 0.231 e. The Kier molecular flexibility index (Phi) is 3.75. The van der Waals surface area contributed by atoms with Crippen LogP contribution in [-0.4, -0.2) is 28.5 Å². The van der Waals surface area contributed by atoms with Crippen molar-refractivity contribution in [3.05, 3.63) is 64.3 Å². The van der Waals surface area contributed by atoms with E-state index in [2.05, 4.69) is 5.32 Å². The molecule has 0 saturated carbocycles. The monoisotopic (exact) mass is 389 g/mol. The number of benzene rings is 1. The average Bonchev–Trinajstić information content (AvgIpc) is 2.99. The number of imide groups is 1. The summed E-state index contributed by atoms with van der Waals surface area (Å²) >= 11 is 0. The minimum atomic E-state index is -0.602. The number of Topliss-reactive ketones (excluding diaryl/α,β-unsaturated/α-hetero) is 1. The molecule has 6 heteroatoms. The van der Waals surface area contributed by atoms with Crippen LogP contribution in [0.1, 0.15) is 31.2 Å². The van der Waals surface area contributed by atoms with Crippen molar-refractivity contribution >= 4 is 23.4 Å². The largest absolute Gasteiger partial charge is 0.508 e. The third-order valence-electron chi connectivity index (χ3n) is 6.65. The minimum Gasteiger partial charge on any atom is -0.508 e. The second kappa shape index (κ2) is 6.11. The number of rotatable bonds is 1. The maximum atomic E-state index is 13.0. The van der Waals surface area contributed by atoms with E-state index in [0.717, 1.165) is 5.57 Å². The summed E-state index contributed by atoms with van der Waals surface area (Å²) in [6.45, 7) is 1.61. The molecular formula is C23H19NO5. The van der Waals surface area contributed by atoms with Crippen molar-refractivity contribution in [3.8, 4) is 5.75 Å². The van der Waals surface area contributed by atoms with Crippen LogP contribution in [0, 0.1) is 17.8 Å². The molecule has 1 fully saturated rings. The number of ketones is 2. The molecule has 6 nitrogen and oxygen atoms in total. The van der Waals surface area contributed by atoms with Gasteiger partial charge in [-0.1, -0.05) is 29.8 Å². The van der Waals surface area contributed by atoms with Crippen LogP contribution in [0.15, 0.2) is 58.7 Å². The third kappa shape index (κ3) is 2.41. The summed E-state index contributed by atoms with van der Waals surface area (Å²) < 4.78 is 0. The predicted octanol–water partition coefficient (Wildman–Crippen LogP) is 2.11. The van der Waals surface area contributed by atoms with Crippen molar-refractivity contribution < 1.29 is 24.3 Å². The van der Waals surface area contributed by atoms with Gasteiger partial charge in [-0.2, -0.15) is 0 Å². The van der Waals surface area contributed by atoms with Crippen LogP contribution in [0.3, 0.4) is 0 Å². The molecule has 1 aromatic rings. The second-order valence-corrected chi connectivity index (χ2v) is 8.14. The number of para-hydroxylation sites is 1. The van der Waals surface area contributed by atoms with Crippen LogP contribution in [0.4, 0.5) is 0 Å². The molecule has 0 radical (unpaired) electrons. The quantitative estimate of drug-likeness (QED) is 0.435. The highest BCUT2D eigenvalue weighted by atomic mass is 16.3. The number of carbonyl (C=O) groups excluding carboxylic acids is 4. The topological polar surface area (TPSA) is 101 Å². The summed E-state index contributed by atoms with van der Waals surface area (Å²) in [7, 11) is 0. The lowest BCUT2D eigenvalue weighted by atomic mass is 9.59. The number of allylic oxidation sites excluding steroid dienone is 6. The first-order valence-corrected chi connectivity index (χ1v) is 9.71. The number of carbonyl (C=O) groups is 4. The normalized spacial score (nSPS) is 30.9. The van der Waals surface area contributed by atoms with E-state index in [-0.39, 0.29) is 41.5 Å². The highest BCUT2D eigenvalue weighted by Crippen LogP contribution is 2.54. The number of fused-ring (bicyclic) bond motifs is 3. The van der Waals surface area contributed by atoms with Gasteiger partial charge in [0.15, 0.2) is 11.6 Å². The van der Waals surface area contributed by atoms with Gasteiger partial charge in [0.1, 0.15) is 5.75 Å². The summed E-state index contributed by atoms with van der Waals surface area (Å²) in [5, 5.41) is 13.0. The predicted molar refractivity (Wildman–Crippen MR) is 103 cm³/mol. The number of hydrogen-bond donors (Lipinski definition) is 2. The van der Waals surface area contributed by atoms with E-state index >= 15 is 0 Å².